The molecule has 0 radical (unpaired) electrons. The molecule has 0 aromatic carbocycles. The van der Waals surface area contributed by atoms with Crippen LogP contribution in [-0.2, 0) is 0 Å². The molecule has 1 aliphatic heterocycles. The van der Waals surface area contributed by atoms with Gasteiger partial charge in [0.25, 0.3) is 0 Å². The Kier molecular flexibility index (Phi) is 0.798. The van der Waals surface area contributed by atoms with Crippen molar-refractivity contribution in [1.82, 2.24) is 10.2 Å². The summed E-state index contributed by atoms with van der Waals surface area (Å²) in [5.41, 5.74) is 1.99. The average Bonchev–Trinajstić information content (AvgIpc) is 2.33. The van der Waals surface area contributed by atoms with Gasteiger partial charge in [0.05, 0.1) is 23.8 Å². The maximum absolute atomic E-state index is 3.98. The van der Waals surface area contributed by atoms with Gasteiger partial charge in [-0.25, -0.2) is 0 Å². The lowest BCUT2D eigenvalue weighted by Gasteiger charge is -2.04. The molecule has 2 N–H and O–H groups in total. The van der Waals surface area contributed by atoms with E-state index in [9.17, 15) is 0 Å². The molecule has 2 heterocycles. The normalized spacial score (nSPS) is 14.7. The van der Waals surface area contributed by atoms with Crippen LogP contribution in [0.5, 0.6) is 0 Å². The summed E-state index contributed by atoms with van der Waals surface area (Å²) in [6.07, 6.45) is 3.53. The van der Waals surface area contributed by atoms with Gasteiger partial charge in [0, 0.05) is 0 Å². The van der Waals surface area contributed by atoms with Crippen molar-refractivity contribution in [3.05, 3.63) is 11.9 Å². The van der Waals surface area contributed by atoms with E-state index in [-0.39, 0.29) is 0 Å². The molecule has 0 fully saturated rings. The van der Waals surface area contributed by atoms with Crippen LogP contribution in [0, 0.1) is 0 Å². The van der Waals surface area contributed by atoms with Crippen LogP contribution < -0.4 is 5.32 Å². The van der Waals surface area contributed by atoms with Gasteiger partial charge in [-0.15, -0.1) is 0 Å². The van der Waals surface area contributed by atoms with Crippen molar-refractivity contribution in [1.29, 1.82) is 0 Å². The first-order chi connectivity index (χ1) is 4.47. The van der Waals surface area contributed by atoms with Crippen molar-refractivity contribution < 1.29 is 0 Å². The second-order valence-electron chi connectivity index (χ2n) is 1.84. The Morgan fingerprint density at radius 1 is 1.56 bits per heavy atom. The lowest BCUT2D eigenvalue weighted by Crippen LogP contribution is -2.05. The Labute approximate surface area is 52.0 Å². The molecule has 9 heavy (non-hydrogen) atoms. The van der Waals surface area contributed by atoms with Crippen LogP contribution >= 0.6 is 0 Å². The predicted molar refractivity (Wildman–Crippen MR) is 34.7 cm³/mol. The van der Waals surface area contributed by atoms with Gasteiger partial charge < -0.3 is 5.32 Å². The van der Waals surface area contributed by atoms with Gasteiger partial charge in [-0.05, 0) is 0 Å². The van der Waals surface area contributed by atoms with Gasteiger partial charge in [0.1, 0.15) is 6.67 Å². The standard InChI is InChI=1S/C5H6N4/c1-5-4(2-8-9-5)7-3-6-1/h1-2,7H,3H2,(H,8,9). The highest BCUT2D eigenvalue weighted by molar-refractivity contribution is 5.86. The first-order valence-electron chi connectivity index (χ1n) is 2.74. The van der Waals surface area contributed by atoms with Crippen LogP contribution in [0.1, 0.15) is 5.69 Å². The molecule has 0 amide bonds. The Morgan fingerprint density at radius 3 is 3.44 bits per heavy atom. The van der Waals surface area contributed by atoms with E-state index < -0.39 is 0 Å². The summed E-state index contributed by atoms with van der Waals surface area (Å²) in [5, 5.41) is 9.67. The summed E-state index contributed by atoms with van der Waals surface area (Å²) in [4.78, 5) is 3.98. The largest absolute Gasteiger partial charge is 0.363 e. The molecule has 0 bridgehead atoms. The maximum Gasteiger partial charge on any atom is 0.107 e. The minimum absolute atomic E-state index is 0.659. The zero-order valence-corrected chi connectivity index (χ0v) is 4.76. The predicted octanol–water partition coefficient (Wildman–Crippen LogP) is 0.212. The fourth-order valence-corrected chi connectivity index (χ4v) is 0.803. The maximum atomic E-state index is 3.98. The molecule has 1 aliphatic rings. The topological polar surface area (TPSA) is 53.1 Å². The number of hydrogen-bond donors (Lipinski definition) is 2. The Bertz CT molecular complexity index is 237. The summed E-state index contributed by atoms with van der Waals surface area (Å²) in [5.74, 6) is 0. The van der Waals surface area contributed by atoms with Crippen LogP contribution in [0.15, 0.2) is 11.2 Å². The quantitative estimate of drug-likeness (QED) is 0.517. The zero-order chi connectivity index (χ0) is 6.10. The Morgan fingerprint density at radius 2 is 2.56 bits per heavy atom. The zero-order valence-electron chi connectivity index (χ0n) is 4.76. The number of aliphatic imine (C=N–C) groups is 1. The summed E-state index contributed by atoms with van der Waals surface area (Å²) < 4.78 is 0. The molecule has 0 saturated heterocycles. The molecule has 1 aromatic rings. The van der Waals surface area contributed by atoms with E-state index in [0.29, 0.717) is 6.67 Å². The first-order valence-corrected chi connectivity index (χ1v) is 2.74. The van der Waals surface area contributed by atoms with E-state index in [2.05, 4.69) is 20.5 Å². The number of aromatic nitrogens is 2. The summed E-state index contributed by atoms with van der Waals surface area (Å²) in [7, 11) is 0. The Hall–Kier alpha value is -1.32. The summed E-state index contributed by atoms with van der Waals surface area (Å²) >= 11 is 0. The van der Waals surface area contributed by atoms with Gasteiger partial charge in [-0.3, -0.25) is 10.1 Å². The summed E-state index contributed by atoms with van der Waals surface area (Å²) in [6, 6.07) is 0. The molecular formula is C5H6N4. The van der Waals surface area contributed by atoms with Crippen LogP contribution in [0.25, 0.3) is 0 Å². The van der Waals surface area contributed by atoms with Crippen LogP contribution in [0.4, 0.5) is 5.69 Å². The molecule has 0 aliphatic carbocycles. The SMILES string of the molecule is C1=NCNc2cn[nH]c21. The molecule has 0 atom stereocenters. The first kappa shape index (κ1) is 4.55. The van der Waals surface area contributed by atoms with Crippen molar-refractivity contribution in [2.45, 2.75) is 0 Å². The monoisotopic (exact) mass is 122 g/mol. The van der Waals surface area contributed by atoms with Gasteiger partial charge in [0.2, 0.25) is 0 Å². The number of H-pyrrole nitrogens is 1. The van der Waals surface area contributed by atoms with Gasteiger partial charge in [0.15, 0.2) is 0 Å². The van der Waals surface area contributed by atoms with Crippen molar-refractivity contribution in [2.75, 3.05) is 12.0 Å². The number of nitrogens with zero attached hydrogens (tertiary/aromatic N) is 2. The Balaban J connectivity index is 2.53. The van der Waals surface area contributed by atoms with E-state index in [1.54, 1.807) is 12.4 Å². The number of fused-ring (bicyclic) bond motifs is 1. The third-order valence-electron chi connectivity index (χ3n) is 1.25. The number of anilines is 1. The highest BCUT2D eigenvalue weighted by Gasteiger charge is 2.03. The van der Waals surface area contributed by atoms with Crippen LogP contribution in [0.2, 0.25) is 0 Å². The third-order valence-corrected chi connectivity index (χ3v) is 1.25. The second-order valence-corrected chi connectivity index (χ2v) is 1.84. The lowest BCUT2D eigenvalue weighted by atomic mass is 10.4. The second kappa shape index (κ2) is 1.58. The van der Waals surface area contributed by atoms with Gasteiger partial charge in [-0.1, -0.05) is 0 Å². The molecule has 4 nitrogen and oxygen atoms in total. The molecule has 4 heteroatoms. The average molecular weight is 122 g/mol. The van der Waals surface area contributed by atoms with Crippen molar-refractivity contribution in [2.24, 2.45) is 4.99 Å². The molecular weight excluding hydrogens is 116 g/mol. The highest BCUT2D eigenvalue weighted by atomic mass is 15.2. The van der Waals surface area contributed by atoms with Crippen molar-refractivity contribution in [3.8, 4) is 0 Å². The van der Waals surface area contributed by atoms with Crippen LogP contribution in [0.3, 0.4) is 0 Å². The van der Waals surface area contributed by atoms with Crippen molar-refractivity contribution >= 4 is 11.9 Å². The lowest BCUT2D eigenvalue weighted by molar-refractivity contribution is 1.07. The number of hydrogen-bond acceptors (Lipinski definition) is 3. The van der Waals surface area contributed by atoms with Gasteiger partial charge >= 0.3 is 0 Å². The minimum atomic E-state index is 0.659. The number of rotatable bonds is 0. The van der Waals surface area contributed by atoms with Crippen LogP contribution in [-0.4, -0.2) is 23.1 Å². The van der Waals surface area contributed by atoms with Crippen molar-refractivity contribution in [3.63, 3.8) is 0 Å². The van der Waals surface area contributed by atoms with E-state index in [1.807, 2.05) is 0 Å². The number of nitrogens with one attached hydrogen (secondary N) is 2. The third kappa shape index (κ3) is 0.595. The molecule has 2 rings (SSSR count). The minimum Gasteiger partial charge on any atom is -0.363 e. The molecule has 0 saturated carbocycles. The molecule has 0 unspecified atom stereocenters. The number of aromatic amines is 1. The van der Waals surface area contributed by atoms with E-state index in [0.717, 1.165) is 11.4 Å². The van der Waals surface area contributed by atoms with Gasteiger partial charge in [-0.2, -0.15) is 5.10 Å². The highest BCUT2D eigenvalue weighted by Crippen LogP contribution is 2.10. The molecule has 0 spiro atoms. The van der Waals surface area contributed by atoms with E-state index >= 15 is 0 Å². The smallest absolute Gasteiger partial charge is 0.107 e. The molecule has 1 aromatic heterocycles. The van der Waals surface area contributed by atoms with E-state index in [4.69, 9.17) is 0 Å². The van der Waals surface area contributed by atoms with E-state index in [1.165, 1.54) is 0 Å². The summed E-state index contributed by atoms with van der Waals surface area (Å²) in [6.45, 7) is 0.659. The fourth-order valence-electron chi connectivity index (χ4n) is 0.803. The molecule has 46 valence electrons. The fraction of sp³-hybridized carbons (Fsp3) is 0.200.